The molecule has 0 bridgehead atoms. The number of rotatable bonds is 2. The minimum atomic E-state index is 0.896. The van der Waals surface area contributed by atoms with Crippen LogP contribution in [0.5, 0.6) is 0 Å². The standard InChI is InChI=1S/C24H16N4/c1-3-9-17(10-4-1)27-22-14-8-7-13-19(22)20-15-21-24(16-23(20)27)28(26-25-21)18-11-5-2-6-12-18/h1-16H. The zero-order valence-electron chi connectivity index (χ0n) is 15.0. The van der Waals surface area contributed by atoms with Gasteiger partial charge >= 0.3 is 0 Å². The second kappa shape index (κ2) is 5.79. The molecule has 6 aromatic rings. The highest BCUT2D eigenvalue weighted by Gasteiger charge is 2.15. The molecule has 0 atom stereocenters. The number of para-hydroxylation sites is 3. The van der Waals surface area contributed by atoms with E-state index in [9.17, 15) is 0 Å². The fourth-order valence-electron chi connectivity index (χ4n) is 4.00. The van der Waals surface area contributed by atoms with Crippen LogP contribution in [0.4, 0.5) is 0 Å². The molecule has 4 heteroatoms. The lowest BCUT2D eigenvalue weighted by Gasteiger charge is -2.08. The maximum atomic E-state index is 4.44. The lowest BCUT2D eigenvalue weighted by molar-refractivity contribution is 0.824. The SMILES string of the molecule is c1ccc(-n2nnc3cc4c5ccccc5n(-c5ccccc5)c4cc32)cc1. The second-order valence-electron chi connectivity index (χ2n) is 6.88. The Morgan fingerprint density at radius 2 is 1.21 bits per heavy atom. The number of hydrogen-bond acceptors (Lipinski definition) is 2. The number of hydrogen-bond donors (Lipinski definition) is 0. The smallest absolute Gasteiger partial charge is 0.114 e. The molecule has 0 aliphatic heterocycles. The molecule has 0 amide bonds. The summed E-state index contributed by atoms with van der Waals surface area (Å²) in [5.74, 6) is 0. The first-order valence-electron chi connectivity index (χ1n) is 9.30. The van der Waals surface area contributed by atoms with Crippen LogP contribution in [0, 0.1) is 0 Å². The topological polar surface area (TPSA) is 35.6 Å². The summed E-state index contributed by atoms with van der Waals surface area (Å²) >= 11 is 0. The molecular weight excluding hydrogens is 344 g/mol. The number of nitrogens with zero attached hydrogens (tertiary/aromatic N) is 4. The number of fused-ring (bicyclic) bond motifs is 4. The van der Waals surface area contributed by atoms with Crippen molar-refractivity contribution in [2.24, 2.45) is 0 Å². The first-order chi connectivity index (χ1) is 13.9. The van der Waals surface area contributed by atoms with Gasteiger partial charge in [0.1, 0.15) is 5.52 Å². The summed E-state index contributed by atoms with van der Waals surface area (Å²) in [7, 11) is 0. The van der Waals surface area contributed by atoms with E-state index in [4.69, 9.17) is 0 Å². The van der Waals surface area contributed by atoms with Gasteiger partial charge in [-0.15, -0.1) is 5.10 Å². The van der Waals surface area contributed by atoms with Crippen molar-refractivity contribution < 1.29 is 0 Å². The zero-order valence-corrected chi connectivity index (χ0v) is 15.0. The molecule has 0 aliphatic carbocycles. The van der Waals surface area contributed by atoms with E-state index >= 15 is 0 Å². The van der Waals surface area contributed by atoms with Crippen LogP contribution in [0.1, 0.15) is 0 Å². The molecule has 2 aromatic heterocycles. The highest BCUT2D eigenvalue weighted by molar-refractivity contribution is 6.12. The normalized spacial score (nSPS) is 11.6. The molecular formula is C24H16N4. The predicted octanol–water partition coefficient (Wildman–Crippen LogP) is 5.52. The van der Waals surface area contributed by atoms with Gasteiger partial charge < -0.3 is 4.57 Å². The van der Waals surface area contributed by atoms with Crippen LogP contribution in [0.3, 0.4) is 0 Å². The largest absolute Gasteiger partial charge is 0.309 e. The molecule has 4 nitrogen and oxygen atoms in total. The van der Waals surface area contributed by atoms with Gasteiger partial charge in [0.25, 0.3) is 0 Å². The van der Waals surface area contributed by atoms with E-state index in [0.717, 1.165) is 27.9 Å². The van der Waals surface area contributed by atoms with E-state index in [2.05, 4.69) is 75.5 Å². The summed E-state index contributed by atoms with van der Waals surface area (Å²) in [5, 5.41) is 11.3. The summed E-state index contributed by atoms with van der Waals surface area (Å²) < 4.78 is 4.22. The number of benzene rings is 4. The Kier molecular flexibility index (Phi) is 3.14. The molecule has 4 aromatic carbocycles. The first kappa shape index (κ1) is 15.2. The van der Waals surface area contributed by atoms with Crippen LogP contribution in [-0.2, 0) is 0 Å². The van der Waals surface area contributed by atoms with Crippen molar-refractivity contribution in [2.45, 2.75) is 0 Å². The second-order valence-corrected chi connectivity index (χ2v) is 6.88. The molecule has 0 N–H and O–H groups in total. The molecule has 0 unspecified atom stereocenters. The van der Waals surface area contributed by atoms with Gasteiger partial charge in [0.2, 0.25) is 0 Å². The van der Waals surface area contributed by atoms with Crippen LogP contribution < -0.4 is 0 Å². The van der Waals surface area contributed by atoms with Crippen molar-refractivity contribution in [1.82, 2.24) is 19.6 Å². The summed E-state index contributed by atoms with van der Waals surface area (Å²) in [6.07, 6.45) is 0. The van der Waals surface area contributed by atoms with Gasteiger partial charge in [-0.1, -0.05) is 59.8 Å². The Labute approximate surface area is 161 Å². The Morgan fingerprint density at radius 3 is 2.00 bits per heavy atom. The van der Waals surface area contributed by atoms with Gasteiger partial charge in [-0.3, -0.25) is 0 Å². The van der Waals surface area contributed by atoms with E-state index in [-0.39, 0.29) is 0 Å². The van der Waals surface area contributed by atoms with Crippen molar-refractivity contribution in [3.8, 4) is 11.4 Å². The molecule has 0 saturated heterocycles. The first-order valence-corrected chi connectivity index (χ1v) is 9.30. The number of aromatic nitrogens is 4. The van der Waals surface area contributed by atoms with Gasteiger partial charge in [0, 0.05) is 16.5 Å². The van der Waals surface area contributed by atoms with E-state index in [1.165, 1.54) is 16.3 Å². The fraction of sp³-hybridized carbons (Fsp3) is 0. The molecule has 0 aliphatic rings. The Hall–Kier alpha value is -3.92. The van der Waals surface area contributed by atoms with E-state index in [0.29, 0.717) is 0 Å². The molecule has 28 heavy (non-hydrogen) atoms. The Morgan fingerprint density at radius 1 is 0.536 bits per heavy atom. The van der Waals surface area contributed by atoms with Gasteiger partial charge in [0.15, 0.2) is 0 Å². The van der Waals surface area contributed by atoms with Crippen LogP contribution in [-0.4, -0.2) is 19.6 Å². The van der Waals surface area contributed by atoms with Gasteiger partial charge in [-0.25, -0.2) is 4.68 Å². The van der Waals surface area contributed by atoms with E-state index in [1.807, 2.05) is 41.1 Å². The average molecular weight is 360 g/mol. The summed E-state index contributed by atoms with van der Waals surface area (Å²) in [4.78, 5) is 0. The molecule has 0 saturated carbocycles. The van der Waals surface area contributed by atoms with Crippen LogP contribution in [0.25, 0.3) is 44.2 Å². The quantitative estimate of drug-likeness (QED) is 0.408. The van der Waals surface area contributed by atoms with Crippen molar-refractivity contribution in [3.05, 3.63) is 97.1 Å². The molecule has 6 rings (SSSR count). The van der Waals surface area contributed by atoms with E-state index in [1.54, 1.807) is 0 Å². The molecule has 0 spiro atoms. The van der Waals surface area contributed by atoms with Crippen molar-refractivity contribution in [1.29, 1.82) is 0 Å². The summed E-state index contributed by atoms with van der Waals surface area (Å²) in [6.45, 7) is 0. The fourth-order valence-corrected chi connectivity index (χ4v) is 4.00. The highest BCUT2D eigenvalue weighted by Crippen LogP contribution is 2.34. The molecule has 0 radical (unpaired) electrons. The highest BCUT2D eigenvalue weighted by atomic mass is 15.4. The maximum absolute atomic E-state index is 4.44. The lowest BCUT2D eigenvalue weighted by atomic mass is 10.1. The third-order valence-corrected chi connectivity index (χ3v) is 5.25. The average Bonchev–Trinajstić information content (AvgIpc) is 3.32. The zero-order chi connectivity index (χ0) is 18.5. The summed E-state index contributed by atoms with van der Waals surface area (Å²) in [5.41, 5.74) is 6.39. The monoisotopic (exact) mass is 360 g/mol. The Bertz CT molecular complexity index is 1440. The van der Waals surface area contributed by atoms with Crippen molar-refractivity contribution >= 4 is 32.8 Å². The van der Waals surface area contributed by atoms with Crippen molar-refractivity contribution in [2.75, 3.05) is 0 Å². The predicted molar refractivity (Wildman–Crippen MR) is 113 cm³/mol. The summed E-state index contributed by atoms with van der Waals surface area (Å²) in [6, 6.07) is 33.5. The molecule has 0 fully saturated rings. The maximum Gasteiger partial charge on any atom is 0.114 e. The van der Waals surface area contributed by atoms with Crippen molar-refractivity contribution in [3.63, 3.8) is 0 Å². The van der Waals surface area contributed by atoms with Crippen LogP contribution in [0.2, 0.25) is 0 Å². The molecule has 132 valence electrons. The van der Waals surface area contributed by atoms with Gasteiger partial charge in [-0.05, 0) is 42.5 Å². The molecule has 2 heterocycles. The minimum absolute atomic E-state index is 0.896. The van der Waals surface area contributed by atoms with Gasteiger partial charge in [0.05, 0.1) is 22.2 Å². The van der Waals surface area contributed by atoms with Crippen LogP contribution >= 0.6 is 0 Å². The minimum Gasteiger partial charge on any atom is -0.309 e. The third kappa shape index (κ3) is 2.12. The third-order valence-electron chi connectivity index (χ3n) is 5.25. The van der Waals surface area contributed by atoms with Crippen LogP contribution in [0.15, 0.2) is 97.1 Å². The van der Waals surface area contributed by atoms with E-state index < -0.39 is 0 Å². The van der Waals surface area contributed by atoms with Gasteiger partial charge in [-0.2, -0.15) is 0 Å². The Balaban J connectivity index is 1.76. The lowest BCUT2D eigenvalue weighted by Crippen LogP contribution is -1.97.